The highest BCUT2D eigenvalue weighted by Gasteiger charge is 2.14. The third kappa shape index (κ3) is 3.57. The van der Waals surface area contributed by atoms with Crippen molar-refractivity contribution in [1.29, 1.82) is 0 Å². The normalized spacial score (nSPS) is 10.9. The van der Waals surface area contributed by atoms with Crippen LogP contribution in [0.25, 0.3) is 10.2 Å². The Balaban J connectivity index is 1.72. The van der Waals surface area contributed by atoms with E-state index < -0.39 is 23.3 Å². The topological polar surface area (TPSA) is 130 Å². The second kappa shape index (κ2) is 6.83. The molecule has 0 amide bonds. The van der Waals surface area contributed by atoms with E-state index in [2.05, 4.69) is 9.97 Å². The van der Waals surface area contributed by atoms with Gasteiger partial charge in [0.25, 0.3) is 5.56 Å². The van der Waals surface area contributed by atoms with Crippen molar-refractivity contribution in [3.8, 4) is 0 Å². The minimum absolute atomic E-state index is 0.151. The van der Waals surface area contributed by atoms with Crippen molar-refractivity contribution in [1.82, 2.24) is 9.97 Å². The fourth-order valence-electron chi connectivity index (χ4n) is 2.24. The van der Waals surface area contributed by atoms with Crippen molar-refractivity contribution < 1.29 is 24.5 Å². The first-order chi connectivity index (χ1) is 12.0. The van der Waals surface area contributed by atoms with Gasteiger partial charge in [0.1, 0.15) is 4.83 Å². The molecule has 0 aliphatic carbocycles. The van der Waals surface area contributed by atoms with Crippen molar-refractivity contribution in [3.63, 3.8) is 0 Å². The van der Waals surface area contributed by atoms with Gasteiger partial charge in [0.05, 0.1) is 24.2 Å². The fraction of sp³-hybridized carbons (Fsp3) is 0.125. The van der Waals surface area contributed by atoms with E-state index in [4.69, 9.17) is 14.9 Å². The van der Waals surface area contributed by atoms with Crippen LogP contribution in [0.1, 0.15) is 32.1 Å². The SMILES string of the molecule is O=C(O)c1ccc(COCc2csc3nc(C(=O)O)[nH]c(=O)c23)cc1. The molecule has 0 unspecified atom stereocenters. The number of nitrogens with zero attached hydrogens (tertiary/aromatic N) is 1. The lowest BCUT2D eigenvalue weighted by Crippen LogP contribution is -2.15. The highest BCUT2D eigenvalue weighted by Crippen LogP contribution is 2.22. The van der Waals surface area contributed by atoms with Crippen LogP contribution in [0.4, 0.5) is 0 Å². The average Bonchev–Trinajstić information content (AvgIpc) is 2.99. The number of rotatable bonds is 6. The standard InChI is InChI=1S/C16H12N2O6S/c19-13-11-10(7-25-14(11)18-12(17-13)16(22)23)6-24-5-8-1-3-9(4-2-8)15(20)21/h1-4,7H,5-6H2,(H,20,21)(H,22,23)(H,17,18,19). The van der Waals surface area contributed by atoms with Gasteiger partial charge in [0, 0.05) is 5.56 Å². The summed E-state index contributed by atoms with van der Waals surface area (Å²) in [6, 6.07) is 6.29. The zero-order chi connectivity index (χ0) is 18.0. The number of benzene rings is 1. The number of carboxylic acid groups (broad SMARTS) is 2. The predicted octanol–water partition coefficient (Wildman–Crippen LogP) is 2.10. The van der Waals surface area contributed by atoms with Gasteiger partial charge in [0.2, 0.25) is 5.82 Å². The van der Waals surface area contributed by atoms with E-state index in [1.165, 1.54) is 23.5 Å². The zero-order valence-electron chi connectivity index (χ0n) is 12.7. The van der Waals surface area contributed by atoms with Gasteiger partial charge < -0.3 is 19.9 Å². The van der Waals surface area contributed by atoms with Crippen LogP contribution >= 0.6 is 11.3 Å². The van der Waals surface area contributed by atoms with Gasteiger partial charge in [-0.15, -0.1) is 11.3 Å². The Morgan fingerprint density at radius 2 is 1.84 bits per heavy atom. The first-order valence-electron chi connectivity index (χ1n) is 7.09. The summed E-state index contributed by atoms with van der Waals surface area (Å²) in [5.41, 5.74) is 1.09. The molecule has 25 heavy (non-hydrogen) atoms. The number of hydrogen-bond acceptors (Lipinski definition) is 6. The van der Waals surface area contributed by atoms with E-state index in [0.717, 1.165) is 5.56 Å². The molecule has 3 N–H and O–H groups in total. The quantitative estimate of drug-likeness (QED) is 0.614. The molecule has 128 valence electrons. The van der Waals surface area contributed by atoms with Crippen molar-refractivity contribution in [3.05, 3.63) is 62.5 Å². The number of H-pyrrole nitrogens is 1. The van der Waals surface area contributed by atoms with Crippen LogP contribution in [0, 0.1) is 0 Å². The van der Waals surface area contributed by atoms with Crippen LogP contribution in [0.15, 0.2) is 34.4 Å². The minimum Gasteiger partial charge on any atom is -0.478 e. The van der Waals surface area contributed by atoms with E-state index in [0.29, 0.717) is 15.8 Å². The first-order valence-corrected chi connectivity index (χ1v) is 7.97. The maximum atomic E-state index is 12.1. The van der Waals surface area contributed by atoms with Gasteiger partial charge in [-0.1, -0.05) is 12.1 Å². The Morgan fingerprint density at radius 1 is 1.12 bits per heavy atom. The Morgan fingerprint density at radius 3 is 2.48 bits per heavy atom. The predicted molar refractivity (Wildman–Crippen MR) is 89.1 cm³/mol. The number of carboxylic acids is 2. The summed E-state index contributed by atoms with van der Waals surface area (Å²) in [5, 5.41) is 19.8. The number of aromatic amines is 1. The minimum atomic E-state index is -1.30. The molecular formula is C16H12N2O6S. The molecule has 8 nitrogen and oxygen atoms in total. The van der Waals surface area contributed by atoms with Gasteiger partial charge in [-0.3, -0.25) is 4.79 Å². The Bertz CT molecular complexity index is 1010. The molecule has 3 rings (SSSR count). The summed E-state index contributed by atoms with van der Waals surface area (Å²) >= 11 is 1.17. The maximum Gasteiger partial charge on any atom is 0.372 e. The summed E-state index contributed by atoms with van der Waals surface area (Å²) < 4.78 is 5.57. The van der Waals surface area contributed by atoms with Crippen LogP contribution in [0.2, 0.25) is 0 Å². The third-order valence-electron chi connectivity index (χ3n) is 3.45. The molecule has 0 fully saturated rings. The summed E-state index contributed by atoms with van der Waals surface area (Å²) in [6.45, 7) is 0.396. The molecule has 0 saturated carbocycles. The number of hydrogen-bond donors (Lipinski definition) is 3. The molecule has 0 saturated heterocycles. The second-order valence-electron chi connectivity index (χ2n) is 5.16. The second-order valence-corrected chi connectivity index (χ2v) is 6.01. The number of carbonyl (C=O) groups is 2. The number of aromatic carboxylic acids is 2. The fourth-order valence-corrected chi connectivity index (χ4v) is 3.16. The van der Waals surface area contributed by atoms with Crippen LogP contribution in [0.3, 0.4) is 0 Å². The van der Waals surface area contributed by atoms with Crippen molar-refractivity contribution >= 4 is 33.5 Å². The van der Waals surface area contributed by atoms with Crippen molar-refractivity contribution in [2.45, 2.75) is 13.2 Å². The van der Waals surface area contributed by atoms with E-state index in [-0.39, 0.29) is 18.8 Å². The number of nitrogens with one attached hydrogen (secondary N) is 1. The molecule has 0 radical (unpaired) electrons. The summed E-state index contributed by atoms with van der Waals surface area (Å²) in [4.78, 5) is 40.2. The molecule has 0 atom stereocenters. The van der Waals surface area contributed by atoms with Crippen LogP contribution in [0.5, 0.6) is 0 Å². The monoisotopic (exact) mass is 360 g/mol. The number of ether oxygens (including phenoxy) is 1. The summed E-state index contributed by atoms with van der Waals surface area (Å²) in [6.07, 6.45) is 0. The molecule has 2 aromatic heterocycles. The molecular weight excluding hydrogens is 348 g/mol. The van der Waals surface area contributed by atoms with Gasteiger partial charge in [0.15, 0.2) is 0 Å². The first kappa shape index (κ1) is 16.8. The summed E-state index contributed by atoms with van der Waals surface area (Å²) in [7, 11) is 0. The third-order valence-corrected chi connectivity index (χ3v) is 4.37. The average molecular weight is 360 g/mol. The van der Waals surface area contributed by atoms with E-state index >= 15 is 0 Å². The largest absolute Gasteiger partial charge is 0.478 e. The number of fused-ring (bicyclic) bond motifs is 1. The van der Waals surface area contributed by atoms with Gasteiger partial charge in [-0.25, -0.2) is 14.6 Å². The van der Waals surface area contributed by atoms with E-state index in [9.17, 15) is 14.4 Å². The highest BCUT2D eigenvalue weighted by atomic mass is 32.1. The van der Waals surface area contributed by atoms with Crippen LogP contribution < -0.4 is 5.56 Å². The zero-order valence-corrected chi connectivity index (χ0v) is 13.5. The van der Waals surface area contributed by atoms with Gasteiger partial charge in [-0.05, 0) is 23.1 Å². The van der Waals surface area contributed by atoms with Crippen molar-refractivity contribution in [2.24, 2.45) is 0 Å². The van der Waals surface area contributed by atoms with Crippen LogP contribution in [-0.4, -0.2) is 32.1 Å². The lowest BCUT2D eigenvalue weighted by atomic mass is 10.1. The Hall–Kier alpha value is -3.04. The Kier molecular flexibility index (Phi) is 4.59. The van der Waals surface area contributed by atoms with Gasteiger partial charge >= 0.3 is 11.9 Å². The van der Waals surface area contributed by atoms with Gasteiger partial charge in [-0.2, -0.15) is 0 Å². The van der Waals surface area contributed by atoms with E-state index in [1.54, 1.807) is 17.5 Å². The maximum absolute atomic E-state index is 12.1. The molecule has 3 aromatic rings. The lowest BCUT2D eigenvalue weighted by Gasteiger charge is -2.04. The molecule has 0 aliphatic heterocycles. The number of aromatic nitrogens is 2. The molecule has 0 bridgehead atoms. The van der Waals surface area contributed by atoms with E-state index in [1.807, 2.05) is 0 Å². The van der Waals surface area contributed by atoms with Crippen molar-refractivity contribution in [2.75, 3.05) is 0 Å². The number of thiophene rings is 1. The molecule has 1 aromatic carbocycles. The Labute approximate surface area is 144 Å². The smallest absolute Gasteiger partial charge is 0.372 e. The molecule has 0 aliphatic rings. The molecule has 9 heteroatoms. The summed E-state index contributed by atoms with van der Waals surface area (Å²) in [5.74, 6) is -2.69. The molecule has 2 heterocycles. The lowest BCUT2D eigenvalue weighted by molar-refractivity contribution is 0.0677. The highest BCUT2D eigenvalue weighted by molar-refractivity contribution is 7.16. The van der Waals surface area contributed by atoms with Crippen LogP contribution in [-0.2, 0) is 18.0 Å². The molecule has 0 spiro atoms.